The Morgan fingerprint density at radius 2 is 2.25 bits per heavy atom. The molecule has 4 heteroatoms. The zero-order chi connectivity index (χ0) is 10.8. The van der Waals surface area contributed by atoms with Gasteiger partial charge in [0.15, 0.2) is 0 Å². The number of fused-ring (bicyclic) bond motifs is 1. The molecule has 0 unspecified atom stereocenters. The lowest BCUT2D eigenvalue weighted by atomic mass is 9.87. The van der Waals surface area contributed by atoms with Crippen molar-refractivity contribution in [3.8, 4) is 0 Å². The van der Waals surface area contributed by atoms with Gasteiger partial charge in [0.25, 0.3) is 0 Å². The highest BCUT2D eigenvalue weighted by molar-refractivity contribution is 5.89. The van der Waals surface area contributed by atoms with Crippen LogP contribution in [0, 0.1) is 0 Å². The predicted molar refractivity (Wildman–Crippen MR) is 64.9 cm³/mol. The summed E-state index contributed by atoms with van der Waals surface area (Å²) in [6, 6.07) is 5.73. The summed E-state index contributed by atoms with van der Waals surface area (Å²) in [6.07, 6.45) is 3.19. The van der Waals surface area contributed by atoms with Crippen molar-refractivity contribution in [2.24, 2.45) is 5.73 Å². The monoisotopic (exact) mass is 241 g/mol. The molecule has 3 nitrogen and oxygen atoms in total. The second kappa shape index (κ2) is 5.32. The Morgan fingerprint density at radius 3 is 2.94 bits per heavy atom. The second-order valence-corrected chi connectivity index (χ2v) is 3.90. The molecule has 1 aromatic carbocycles. The first-order valence-electron chi connectivity index (χ1n) is 5.19. The first kappa shape index (κ1) is 13.0. The number of rotatable bonds is 1. The predicted octanol–water partition coefficient (Wildman–Crippen LogP) is 2.23. The van der Waals surface area contributed by atoms with Gasteiger partial charge >= 0.3 is 5.97 Å². The number of ether oxygens (including phenoxy) is 1. The lowest BCUT2D eigenvalue weighted by Gasteiger charge is -2.22. The Hall–Kier alpha value is -1.06. The van der Waals surface area contributed by atoms with Crippen LogP contribution in [0.15, 0.2) is 18.2 Å². The van der Waals surface area contributed by atoms with Crippen molar-refractivity contribution in [2.75, 3.05) is 7.11 Å². The lowest BCUT2D eigenvalue weighted by Crippen LogP contribution is -2.18. The van der Waals surface area contributed by atoms with Crippen LogP contribution in [0.25, 0.3) is 0 Å². The molecule has 0 aliphatic heterocycles. The number of hydrogen-bond donors (Lipinski definition) is 1. The van der Waals surface area contributed by atoms with Crippen LogP contribution < -0.4 is 5.73 Å². The van der Waals surface area contributed by atoms with Crippen LogP contribution >= 0.6 is 12.4 Å². The summed E-state index contributed by atoms with van der Waals surface area (Å²) in [4.78, 5) is 11.3. The number of benzene rings is 1. The molecule has 0 heterocycles. The smallest absolute Gasteiger partial charge is 0.337 e. The fourth-order valence-corrected chi connectivity index (χ4v) is 2.08. The highest BCUT2D eigenvalue weighted by atomic mass is 35.5. The zero-order valence-corrected chi connectivity index (χ0v) is 10.0. The molecule has 0 spiro atoms. The van der Waals surface area contributed by atoms with Gasteiger partial charge in [-0.15, -0.1) is 12.4 Å². The van der Waals surface area contributed by atoms with E-state index in [4.69, 9.17) is 5.73 Å². The fraction of sp³-hybridized carbons (Fsp3) is 0.417. The van der Waals surface area contributed by atoms with Crippen molar-refractivity contribution >= 4 is 18.4 Å². The highest BCUT2D eigenvalue weighted by Crippen LogP contribution is 2.28. The molecule has 2 N–H and O–H groups in total. The maximum Gasteiger partial charge on any atom is 0.337 e. The molecule has 0 aromatic heterocycles. The Morgan fingerprint density at radius 1 is 1.50 bits per heavy atom. The molecule has 0 radical (unpaired) electrons. The zero-order valence-electron chi connectivity index (χ0n) is 9.23. The van der Waals surface area contributed by atoms with E-state index in [0.717, 1.165) is 24.8 Å². The summed E-state index contributed by atoms with van der Waals surface area (Å²) in [5, 5.41) is 0. The molecule has 0 fully saturated rings. The minimum Gasteiger partial charge on any atom is -0.465 e. The molecule has 2 rings (SSSR count). The van der Waals surface area contributed by atoms with Gasteiger partial charge in [-0.25, -0.2) is 4.79 Å². The highest BCUT2D eigenvalue weighted by Gasteiger charge is 2.18. The third kappa shape index (κ3) is 2.36. The standard InChI is InChI=1S/C12H15NO2.ClH/c1-15-12(14)9-6-5-8-3-2-4-11(13)10(8)7-9;/h5-7,11H,2-4,13H2,1H3;1H/t11-;/m1./s1. The Kier molecular flexibility index (Phi) is 4.33. The third-order valence-electron chi connectivity index (χ3n) is 2.93. The first-order chi connectivity index (χ1) is 7.22. The number of nitrogens with two attached hydrogens (primary N) is 1. The lowest BCUT2D eigenvalue weighted by molar-refractivity contribution is 0.0600. The van der Waals surface area contributed by atoms with Gasteiger partial charge in [0, 0.05) is 6.04 Å². The normalized spacial score (nSPS) is 18.2. The number of halogens is 1. The van der Waals surface area contributed by atoms with Crippen molar-refractivity contribution < 1.29 is 9.53 Å². The molecule has 1 aliphatic rings. The van der Waals surface area contributed by atoms with Crippen LogP contribution in [0.1, 0.15) is 40.4 Å². The van der Waals surface area contributed by atoms with Crippen LogP contribution in [-0.2, 0) is 11.2 Å². The van der Waals surface area contributed by atoms with Crippen LogP contribution in [0.5, 0.6) is 0 Å². The minimum atomic E-state index is -0.296. The Bertz CT molecular complexity index is 393. The summed E-state index contributed by atoms with van der Waals surface area (Å²) < 4.78 is 4.68. The maximum atomic E-state index is 11.3. The average Bonchev–Trinajstić information content (AvgIpc) is 2.28. The van der Waals surface area contributed by atoms with E-state index in [-0.39, 0.29) is 24.4 Å². The molecule has 88 valence electrons. The van der Waals surface area contributed by atoms with E-state index >= 15 is 0 Å². The molecule has 0 saturated carbocycles. The quantitative estimate of drug-likeness (QED) is 0.768. The number of aryl methyl sites for hydroxylation is 1. The SMILES string of the molecule is COC(=O)c1ccc2c(c1)[C@H](N)CCC2.Cl. The van der Waals surface area contributed by atoms with Gasteiger partial charge in [0.2, 0.25) is 0 Å². The number of esters is 1. The number of hydrogen-bond acceptors (Lipinski definition) is 3. The third-order valence-corrected chi connectivity index (χ3v) is 2.93. The van der Waals surface area contributed by atoms with Gasteiger partial charge in [-0.2, -0.15) is 0 Å². The summed E-state index contributed by atoms with van der Waals surface area (Å²) in [6.45, 7) is 0. The fourth-order valence-electron chi connectivity index (χ4n) is 2.08. The van der Waals surface area contributed by atoms with Gasteiger partial charge in [-0.05, 0) is 42.5 Å². The Balaban J connectivity index is 0.00000128. The molecule has 0 amide bonds. The second-order valence-electron chi connectivity index (χ2n) is 3.90. The average molecular weight is 242 g/mol. The molecule has 1 aliphatic carbocycles. The summed E-state index contributed by atoms with van der Waals surface area (Å²) in [5.41, 5.74) is 8.96. The largest absolute Gasteiger partial charge is 0.465 e. The van der Waals surface area contributed by atoms with Gasteiger partial charge in [0.1, 0.15) is 0 Å². The van der Waals surface area contributed by atoms with E-state index < -0.39 is 0 Å². The first-order valence-corrected chi connectivity index (χ1v) is 5.19. The molecule has 1 atom stereocenters. The summed E-state index contributed by atoms with van der Waals surface area (Å²) in [7, 11) is 1.39. The van der Waals surface area contributed by atoms with E-state index in [0.29, 0.717) is 5.56 Å². The van der Waals surface area contributed by atoms with Crippen LogP contribution in [-0.4, -0.2) is 13.1 Å². The van der Waals surface area contributed by atoms with E-state index in [1.54, 1.807) is 0 Å². The van der Waals surface area contributed by atoms with E-state index in [9.17, 15) is 4.79 Å². The number of carbonyl (C=O) groups is 1. The molecule has 0 bridgehead atoms. The van der Waals surface area contributed by atoms with Crippen LogP contribution in [0.3, 0.4) is 0 Å². The minimum absolute atomic E-state index is 0. The van der Waals surface area contributed by atoms with Crippen LogP contribution in [0.4, 0.5) is 0 Å². The molecule has 1 aromatic rings. The van der Waals surface area contributed by atoms with Crippen molar-refractivity contribution in [1.29, 1.82) is 0 Å². The van der Waals surface area contributed by atoms with Gasteiger partial charge in [-0.1, -0.05) is 6.07 Å². The molecular formula is C12H16ClNO2. The topological polar surface area (TPSA) is 52.3 Å². The molecule has 16 heavy (non-hydrogen) atoms. The van der Waals surface area contributed by atoms with Crippen molar-refractivity contribution in [3.63, 3.8) is 0 Å². The van der Waals surface area contributed by atoms with E-state index in [1.807, 2.05) is 18.2 Å². The van der Waals surface area contributed by atoms with Gasteiger partial charge in [0.05, 0.1) is 12.7 Å². The maximum absolute atomic E-state index is 11.3. The summed E-state index contributed by atoms with van der Waals surface area (Å²) >= 11 is 0. The van der Waals surface area contributed by atoms with Gasteiger partial charge < -0.3 is 10.5 Å². The number of carbonyl (C=O) groups excluding carboxylic acids is 1. The molecular weight excluding hydrogens is 226 g/mol. The number of methoxy groups -OCH3 is 1. The van der Waals surface area contributed by atoms with Crippen molar-refractivity contribution in [2.45, 2.75) is 25.3 Å². The van der Waals surface area contributed by atoms with Gasteiger partial charge in [-0.3, -0.25) is 0 Å². The van der Waals surface area contributed by atoms with Crippen molar-refractivity contribution in [3.05, 3.63) is 34.9 Å². The Labute approximate surface area is 101 Å². The van der Waals surface area contributed by atoms with E-state index in [2.05, 4.69) is 4.74 Å². The van der Waals surface area contributed by atoms with Crippen molar-refractivity contribution in [1.82, 2.24) is 0 Å². The molecule has 0 saturated heterocycles. The van der Waals surface area contributed by atoms with Crippen LogP contribution in [0.2, 0.25) is 0 Å². The summed E-state index contributed by atoms with van der Waals surface area (Å²) in [5.74, 6) is -0.296. The van der Waals surface area contributed by atoms with E-state index in [1.165, 1.54) is 12.7 Å².